The van der Waals surface area contributed by atoms with Crippen LogP contribution in [-0.4, -0.2) is 56.2 Å². The molecule has 1 unspecified atom stereocenters. The average molecular weight is 419 g/mol. The molecule has 1 amide bonds. The number of amides is 1. The van der Waals surface area contributed by atoms with Crippen molar-refractivity contribution in [3.63, 3.8) is 0 Å². The van der Waals surface area contributed by atoms with Crippen LogP contribution in [0.1, 0.15) is 27.7 Å². The molecule has 1 aliphatic heterocycles. The van der Waals surface area contributed by atoms with Crippen LogP contribution < -0.4 is 14.8 Å². The third-order valence-electron chi connectivity index (χ3n) is 4.87. The van der Waals surface area contributed by atoms with Crippen molar-refractivity contribution in [2.45, 2.75) is 26.9 Å². The van der Waals surface area contributed by atoms with Crippen molar-refractivity contribution in [2.24, 2.45) is 0 Å². The highest BCUT2D eigenvalue weighted by molar-refractivity contribution is 7.16. The van der Waals surface area contributed by atoms with Crippen LogP contribution in [0, 0.1) is 13.8 Å². The number of ether oxygens (including phenoxy) is 3. The van der Waals surface area contributed by atoms with Crippen LogP contribution in [0.15, 0.2) is 24.3 Å². The number of benzene rings is 1. The van der Waals surface area contributed by atoms with Gasteiger partial charge in [-0.3, -0.25) is 9.69 Å². The van der Waals surface area contributed by atoms with E-state index in [1.54, 1.807) is 0 Å². The lowest BCUT2D eigenvalue weighted by molar-refractivity contribution is -0.117. The predicted molar refractivity (Wildman–Crippen MR) is 112 cm³/mol. The van der Waals surface area contributed by atoms with E-state index in [0.29, 0.717) is 30.3 Å². The van der Waals surface area contributed by atoms with Gasteiger partial charge in [0.1, 0.15) is 17.7 Å². The molecule has 1 aromatic heterocycles. The number of aryl methyl sites for hydroxylation is 1. The van der Waals surface area contributed by atoms with Crippen LogP contribution in [0.2, 0.25) is 0 Å². The molecule has 3 rings (SSSR count). The Hall–Kier alpha value is -2.58. The molecule has 7 nitrogen and oxygen atoms in total. The number of carbonyl (C=O) groups is 2. The highest BCUT2D eigenvalue weighted by Crippen LogP contribution is 2.33. The molecule has 29 heavy (non-hydrogen) atoms. The third kappa shape index (κ3) is 4.89. The topological polar surface area (TPSA) is 77.1 Å². The molecule has 0 fully saturated rings. The Morgan fingerprint density at radius 1 is 1.28 bits per heavy atom. The zero-order chi connectivity index (χ0) is 21.0. The second kappa shape index (κ2) is 9.28. The fraction of sp³-hybridized carbons (Fsp3) is 0.429. The Labute approximate surface area is 174 Å². The molecular weight excluding hydrogens is 392 g/mol. The summed E-state index contributed by atoms with van der Waals surface area (Å²) >= 11 is 1.38. The zero-order valence-corrected chi connectivity index (χ0v) is 17.9. The molecule has 1 atom stereocenters. The summed E-state index contributed by atoms with van der Waals surface area (Å²) < 4.78 is 16.6. The van der Waals surface area contributed by atoms with Crippen molar-refractivity contribution >= 4 is 28.2 Å². The van der Waals surface area contributed by atoms with Gasteiger partial charge in [0.05, 0.1) is 19.2 Å². The summed E-state index contributed by atoms with van der Waals surface area (Å²) in [6, 6.07) is 7.56. The van der Waals surface area contributed by atoms with Gasteiger partial charge in [-0.2, -0.15) is 0 Å². The number of esters is 1. The van der Waals surface area contributed by atoms with Gasteiger partial charge in [0.25, 0.3) is 0 Å². The molecule has 1 aromatic carbocycles. The molecule has 0 bridgehead atoms. The fourth-order valence-corrected chi connectivity index (χ4v) is 4.24. The molecule has 2 heterocycles. The molecular formula is C21H26N2O5S. The van der Waals surface area contributed by atoms with E-state index in [0.717, 1.165) is 21.9 Å². The number of nitrogens with zero attached hydrogens (tertiary/aromatic N) is 1. The number of hydrogen-bond acceptors (Lipinski definition) is 7. The van der Waals surface area contributed by atoms with Crippen LogP contribution >= 0.6 is 11.3 Å². The number of thiophene rings is 1. The Bertz CT molecular complexity index is 895. The first-order chi connectivity index (χ1) is 13.9. The van der Waals surface area contributed by atoms with Crippen molar-refractivity contribution in [2.75, 3.05) is 38.7 Å². The summed E-state index contributed by atoms with van der Waals surface area (Å²) in [6.07, 6.45) is -0.158. The van der Waals surface area contributed by atoms with Gasteiger partial charge in [0, 0.05) is 11.4 Å². The van der Waals surface area contributed by atoms with E-state index in [1.807, 2.05) is 49.9 Å². The highest BCUT2D eigenvalue weighted by Gasteiger charge is 2.25. The van der Waals surface area contributed by atoms with Crippen molar-refractivity contribution in [1.82, 2.24) is 4.90 Å². The Kier molecular flexibility index (Phi) is 6.76. The maximum atomic E-state index is 12.6. The van der Waals surface area contributed by atoms with E-state index < -0.39 is 5.97 Å². The summed E-state index contributed by atoms with van der Waals surface area (Å²) in [4.78, 5) is 27.7. The van der Waals surface area contributed by atoms with Gasteiger partial charge in [-0.05, 0) is 38.1 Å². The summed E-state index contributed by atoms with van der Waals surface area (Å²) in [7, 11) is 1.34. The number of para-hydroxylation sites is 2. The Balaban J connectivity index is 1.61. The number of carbonyl (C=O) groups excluding carboxylic acids is 2. The molecule has 0 saturated carbocycles. The normalized spacial score (nSPS) is 15.3. The molecule has 156 valence electrons. The van der Waals surface area contributed by atoms with Gasteiger partial charge in [-0.25, -0.2) is 4.79 Å². The van der Waals surface area contributed by atoms with Gasteiger partial charge in [0.15, 0.2) is 11.5 Å². The average Bonchev–Trinajstić information content (AvgIpc) is 2.99. The summed E-state index contributed by atoms with van der Waals surface area (Å²) in [5.41, 5.74) is 1.25. The van der Waals surface area contributed by atoms with E-state index in [4.69, 9.17) is 14.2 Å². The van der Waals surface area contributed by atoms with Crippen LogP contribution in [0.3, 0.4) is 0 Å². The van der Waals surface area contributed by atoms with E-state index in [2.05, 4.69) is 5.32 Å². The monoisotopic (exact) mass is 418 g/mol. The van der Waals surface area contributed by atoms with Crippen LogP contribution in [0.4, 0.5) is 5.00 Å². The van der Waals surface area contributed by atoms with E-state index in [9.17, 15) is 9.59 Å². The van der Waals surface area contributed by atoms with E-state index in [1.165, 1.54) is 18.4 Å². The molecule has 0 saturated heterocycles. The minimum atomic E-state index is -0.444. The minimum Gasteiger partial charge on any atom is -0.486 e. The number of hydrogen-bond donors (Lipinski definition) is 1. The summed E-state index contributed by atoms with van der Waals surface area (Å²) in [5, 5.41) is 3.40. The Morgan fingerprint density at radius 2 is 2.00 bits per heavy atom. The lowest BCUT2D eigenvalue weighted by Crippen LogP contribution is -2.43. The second-order valence-corrected chi connectivity index (χ2v) is 8.08. The lowest BCUT2D eigenvalue weighted by Gasteiger charge is -2.30. The smallest absolute Gasteiger partial charge is 0.341 e. The molecule has 0 radical (unpaired) electrons. The number of likely N-dealkylation sites (N-methyl/N-ethyl adjacent to an activating group) is 1. The maximum Gasteiger partial charge on any atom is 0.341 e. The molecule has 0 spiro atoms. The largest absolute Gasteiger partial charge is 0.486 e. The van der Waals surface area contributed by atoms with E-state index >= 15 is 0 Å². The minimum absolute atomic E-state index is 0.158. The SMILES string of the molecule is CCN(CC(=O)Nc1sc(C)c(C)c1C(=O)OC)CC1COc2ccccc2O1. The van der Waals surface area contributed by atoms with Gasteiger partial charge < -0.3 is 19.5 Å². The predicted octanol–water partition coefficient (Wildman–Crippen LogP) is 3.25. The molecule has 1 aliphatic rings. The number of nitrogens with one attached hydrogen (secondary N) is 1. The van der Waals surface area contributed by atoms with Crippen LogP contribution in [-0.2, 0) is 9.53 Å². The molecule has 2 aromatic rings. The standard InChI is InChI=1S/C21H26N2O5S/c1-5-23(10-15-12-27-16-8-6-7-9-17(16)28-15)11-18(24)22-20-19(21(25)26-4)13(2)14(3)29-20/h6-9,15H,5,10-12H2,1-4H3,(H,22,24). The van der Waals surface area contributed by atoms with Crippen LogP contribution in [0.5, 0.6) is 11.5 Å². The van der Waals surface area contributed by atoms with Gasteiger partial charge in [0.2, 0.25) is 5.91 Å². The van der Waals surface area contributed by atoms with Crippen molar-refractivity contribution < 1.29 is 23.8 Å². The summed E-state index contributed by atoms with van der Waals surface area (Å²) in [5.74, 6) is 0.830. The fourth-order valence-electron chi connectivity index (χ4n) is 3.18. The first-order valence-electron chi connectivity index (χ1n) is 9.51. The highest BCUT2D eigenvalue weighted by atomic mass is 32.1. The third-order valence-corrected chi connectivity index (χ3v) is 5.99. The number of rotatable bonds is 7. The summed E-state index contributed by atoms with van der Waals surface area (Å²) in [6.45, 7) is 7.62. The number of methoxy groups -OCH3 is 1. The Morgan fingerprint density at radius 3 is 2.69 bits per heavy atom. The van der Waals surface area contributed by atoms with Crippen molar-refractivity contribution in [3.8, 4) is 11.5 Å². The van der Waals surface area contributed by atoms with Crippen LogP contribution in [0.25, 0.3) is 0 Å². The molecule has 1 N–H and O–H groups in total. The van der Waals surface area contributed by atoms with Gasteiger partial charge in [-0.1, -0.05) is 19.1 Å². The quantitative estimate of drug-likeness (QED) is 0.696. The van der Waals surface area contributed by atoms with E-state index in [-0.39, 0.29) is 18.6 Å². The first-order valence-corrected chi connectivity index (χ1v) is 10.3. The number of anilines is 1. The maximum absolute atomic E-state index is 12.6. The first kappa shape index (κ1) is 21.1. The van der Waals surface area contributed by atoms with Gasteiger partial charge >= 0.3 is 5.97 Å². The second-order valence-electron chi connectivity index (χ2n) is 6.85. The van der Waals surface area contributed by atoms with Crippen molar-refractivity contribution in [3.05, 3.63) is 40.3 Å². The zero-order valence-electron chi connectivity index (χ0n) is 17.1. The van der Waals surface area contributed by atoms with Crippen molar-refractivity contribution in [1.29, 1.82) is 0 Å². The molecule has 0 aliphatic carbocycles. The number of fused-ring (bicyclic) bond motifs is 1. The van der Waals surface area contributed by atoms with Gasteiger partial charge in [-0.15, -0.1) is 11.3 Å². The molecule has 8 heteroatoms. The lowest BCUT2D eigenvalue weighted by atomic mass is 10.1.